The molecule has 76 valence electrons. The first kappa shape index (κ1) is 9.29. The molecule has 1 aromatic carbocycles. The molecule has 0 bridgehead atoms. The molecule has 0 radical (unpaired) electrons. The lowest BCUT2D eigenvalue weighted by Gasteiger charge is -2.24. The highest BCUT2D eigenvalue weighted by Crippen LogP contribution is 2.73. The first-order valence-electron chi connectivity index (χ1n) is 5.29. The minimum Gasteiger partial charge on any atom is -0.121 e. The fourth-order valence-corrected chi connectivity index (χ4v) is 4.08. The topological polar surface area (TPSA) is 0 Å². The van der Waals surface area contributed by atoms with Gasteiger partial charge in [-0.2, -0.15) is 0 Å². The maximum atomic E-state index is 3.98. The molecule has 15 heavy (non-hydrogen) atoms. The first-order chi connectivity index (χ1) is 7.22. The summed E-state index contributed by atoms with van der Waals surface area (Å²) in [4.78, 5) is 0. The van der Waals surface area contributed by atoms with E-state index in [0.717, 1.165) is 0 Å². The summed E-state index contributed by atoms with van der Waals surface area (Å²) < 4.78 is 0.278. The van der Waals surface area contributed by atoms with Crippen molar-refractivity contribution in [3.05, 3.63) is 53.5 Å². The molecular formula is C14H14S. The van der Waals surface area contributed by atoms with Gasteiger partial charge in [0.05, 0.1) is 4.75 Å². The van der Waals surface area contributed by atoms with E-state index in [4.69, 9.17) is 0 Å². The zero-order valence-electron chi connectivity index (χ0n) is 8.86. The number of allylic oxidation sites excluding steroid dienone is 1. The Morgan fingerprint density at radius 2 is 2.20 bits per heavy atom. The van der Waals surface area contributed by atoms with Gasteiger partial charge in [-0.15, -0.1) is 18.3 Å². The molecule has 1 fully saturated rings. The summed E-state index contributed by atoms with van der Waals surface area (Å²) >= 11 is 1.95. The van der Waals surface area contributed by atoms with E-state index in [1.807, 2.05) is 11.8 Å². The van der Waals surface area contributed by atoms with Crippen molar-refractivity contribution in [2.24, 2.45) is 5.41 Å². The lowest BCUT2D eigenvalue weighted by atomic mass is 9.96. The molecule has 1 saturated carbocycles. The number of fused-ring (bicyclic) bond motifs is 2. The van der Waals surface area contributed by atoms with Crippen LogP contribution in [0.15, 0.2) is 42.3 Å². The van der Waals surface area contributed by atoms with Crippen LogP contribution in [0.25, 0.3) is 6.08 Å². The average Bonchev–Trinajstić information content (AvgIpc) is 2.86. The van der Waals surface area contributed by atoms with Gasteiger partial charge >= 0.3 is 0 Å². The Morgan fingerprint density at radius 1 is 1.40 bits per heavy atom. The van der Waals surface area contributed by atoms with Crippen LogP contribution < -0.4 is 0 Å². The SMILES string of the molecule is C=CC1(C)CC12SC=Cc1ccccc12. The highest BCUT2D eigenvalue weighted by molar-refractivity contribution is 8.03. The second-order valence-corrected chi connectivity index (χ2v) is 5.84. The lowest BCUT2D eigenvalue weighted by molar-refractivity contribution is 0.684. The number of benzene rings is 1. The van der Waals surface area contributed by atoms with Crippen LogP contribution in [0.2, 0.25) is 0 Å². The molecule has 2 unspecified atom stereocenters. The Labute approximate surface area is 95.1 Å². The maximum Gasteiger partial charge on any atom is 0.0552 e. The molecule has 1 spiro atoms. The average molecular weight is 214 g/mol. The van der Waals surface area contributed by atoms with Crippen LogP contribution in [0.3, 0.4) is 0 Å². The van der Waals surface area contributed by atoms with Crippen molar-refractivity contribution in [1.82, 2.24) is 0 Å². The highest BCUT2D eigenvalue weighted by atomic mass is 32.2. The van der Waals surface area contributed by atoms with Crippen LogP contribution in [-0.4, -0.2) is 0 Å². The third-order valence-electron chi connectivity index (χ3n) is 3.78. The quantitative estimate of drug-likeness (QED) is 0.631. The Hall–Kier alpha value is -0.950. The summed E-state index contributed by atoms with van der Waals surface area (Å²) in [6.45, 7) is 6.29. The van der Waals surface area contributed by atoms with E-state index in [-0.39, 0.29) is 10.2 Å². The molecule has 1 aliphatic heterocycles. The third kappa shape index (κ3) is 1.04. The highest BCUT2D eigenvalue weighted by Gasteiger charge is 2.64. The van der Waals surface area contributed by atoms with Crippen molar-refractivity contribution in [3.8, 4) is 0 Å². The number of hydrogen-bond donors (Lipinski definition) is 0. The van der Waals surface area contributed by atoms with E-state index in [1.165, 1.54) is 17.5 Å². The van der Waals surface area contributed by atoms with E-state index in [9.17, 15) is 0 Å². The van der Waals surface area contributed by atoms with Crippen molar-refractivity contribution in [2.75, 3.05) is 0 Å². The second-order valence-electron chi connectivity index (χ2n) is 4.63. The second kappa shape index (κ2) is 2.79. The van der Waals surface area contributed by atoms with Crippen molar-refractivity contribution in [2.45, 2.75) is 18.1 Å². The van der Waals surface area contributed by atoms with Crippen molar-refractivity contribution in [1.29, 1.82) is 0 Å². The van der Waals surface area contributed by atoms with Gasteiger partial charge in [0.1, 0.15) is 0 Å². The van der Waals surface area contributed by atoms with Gasteiger partial charge in [0.25, 0.3) is 0 Å². The number of rotatable bonds is 1. The van der Waals surface area contributed by atoms with Crippen LogP contribution in [0.4, 0.5) is 0 Å². The smallest absolute Gasteiger partial charge is 0.0552 e. The number of hydrogen-bond acceptors (Lipinski definition) is 1. The Bertz CT molecular complexity index is 460. The summed E-state index contributed by atoms with van der Waals surface area (Å²) in [5, 5.41) is 2.23. The fraction of sp³-hybridized carbons (Fsp3) is 0.286. The molecule has 2 aliphatic rings. The van der Waals surface area contributed by atoms with Gasteiger partial charge < -0.3 is 0 Å². The van der Waals surface area contributed by atoms with Gasteiger partial charge in [-0.25, -0.2) is 0 Å². The van der Waals surface area contributed by atoms with E-state index in [0.29, 0.717) is 0 Å². The fourth-order valence-electron chi connectivity index (χ4n) is 2.59. The normalized spacial score (nSPS) is 36.3. The molecule has 0 amide bonds. The summed E-state index contributed by atoms with van der Waals surface area (Å²) in [7, 11) is 0. The molecule has 0 saturated heterocycles. The Morgan fingerprint density at radius 3 is 2.93 bits per heavy atom. The monoisotopic (exact) mass is 214 g/mol. The molecule has 0 nitrogen and oxygen atoms in total. The summed E-state index contributed by atoms with van der Waals surface area (Å²) in [6, 6.07) is 8.72. The van der Waals surface area contributed by atoms with Crippen LogP contribution in [0.5, 0.6) is 0 Å². The van der Waals surface area contributed by atoms with Crippen LogP contribution >= 0.6 is 11.8 Å². The molecule has 3 rings (SSSR count). The first-order valence-corrected chi connectivity index (χ1v) is 6.17. The van der Waals surface area contributed by atoms with Gasteiger partial charge in [0.2, 0.25) is 0 Å². The molecule has 2 atom stereocenters. The van der Waals surface area contributed by atoms with Crippen molar-refractivity contribution < 1.29 is 0 Å². The third-order valence-corrected chi connectivity index (χ3v) is 5.28. The maximum absolute atomic E-state index is 3.98. The van der Waals surface area contributed by atoms with Gasteiger partial charge in [-0.1, -0.05) is 37.3 Å². The van der Waals surface area contributed by atoms with E-state index >= 15 is 0 Å². The standard InChI is InChI=1S/C14H14S/c1-3-13(2)10-14(13)12-7-5-4-6-11(12)8-9-15-14/h3-9H,1,10H2,2H3. The number of thioether (sulfide) groups is 1. The lowest BCUT2D eigenvalue weighted by Crippen LogP contribution is -2.13. The predicted octanol–water partition coefficient (Wildman–Crippen LogP) is 4.20. The molecular weight excluding hydrogens is 200 g/mol. The van der Waals surface area contributed by atoms with E-state index < -0.39 is 0 Å². The summed E-state index contributed by atoms with van der Waals surface area (Å²) in [5.74, 6) is 0. The molecule has 1 heterocycles. The molecule has 1 heteroatoms. The molecule has 0 N–H and O–H groups in total. The van der Waals surface area contributed by atoms with Crippen molar-refractivity contribution >= 4 is 17.8 Å². The Kier molecular flexibility index (Phi) is 1.73. The van der Waals surface area contributed by atoms with Crippen molar-refractivity contribution in [3.63, 3.8) is 0 Å². The van der Waals surface area contributed by atoms with E-state index in [2.05, 4.69) is 55.3 Å². The zero-order valence-corrected chi connectivity index (χ0v) is 9.68. The van der Waals surface area contributed by atoms with Crippen LogP contribution in [0, 0.1) is 5.41 Å². The van der Waals surface area contributed by atoms with Gasteiger partial charge in [0, 0.05) is 5.41 Å². The van der Waals surface area contributed by atoms with Crippen LogP contribution in [-0.2, 0) is 4.75 Å². The predicted molar refractivity (Wildman–Crippen MR) is 67.7 cm³/mol. The summed E-state index contributed by atoms with van der Waals surface area (Å²) in [6.07, 6.45) is 5.55. The minimum atomic E-state index is 0.276. The van der Waals surface area contributed by atoms with Gasteiger partial charge in [-0.05, 0) is 29.0 Å². The van der Waals surface area contributed by atoms with Crippen LogP contribution in [0.1, 0.15) is 24.5 Å². The van der Waals surface area contributed by atoms with E-state index in [1.54, 1.807) is 0 Å². The molecule has 1 aromatic rings. The minimum absolute atomic E-state index is 0.276. The Balaban J connectivity index is 2.17. The zero-order chi connectivity index (χ0) is 10.5. The molecule has 1 aliphatic carbocycles. The molecule has 0 aromatic heterocycles. The van der Waals surface area contributed by atoms with Gasteiger partial charge in [-0.3, -0.25) is 0 Å². The summed E-state index contributed by atoms with van der Waals surface area (Å²) in [5.41, 5.74) is 3.14. The van der Waals surface area contributed by atoms with Gasteiger partial charge in [0.15, 0.2) is 0 Å². The largest absolute Gasteiger partial charge is 0.121 e.